The lowest BCUT2D eigenvalue weighted by atomic mass is 10.2. The second kappa shape index (κ2) is 9.07. The number of sulfonamides is 1. The molecule has 2 aromatic rings. The number of benzene rings is 2. The van der Waals surface area contributed by atoms with Crippen molar-refractivity contribution in [2.24, 2.45) is 0 Å². The van der Waals surface area contributed by atoms with Gasteiger partial charge in [0.25, 0.3) is 0 Å². The van der Waals surface area contributed by atoms with Crippen LogP contribution in [0.2, 0.25) is 0 Å². The highest BCUT2D eigenvalue weighted by Gasteiger charge is 2.29. The summed E-state index contributed by atoms with van der Waals surface area (Å²) in [5, 5.41) is 5.76. The quantitative estimate of drug-likeness (QED) is 0.742. The van der Waals surface area contributed by atoms with Gasteiger partial charge in [-0.25, -0.2) is 8.42 Å². The van der Waals surface area contributed by atoms with Crippen LogP contribution in [0, 0.1) is 0 Å². The minimum atomic E-state index is -3.65. The SMILES string of the molecule is COc1ccc(NCC(=O)Nc2ccccc2)cc1S(=O)(=O)N1CCCCC1. The van der Waals surface area contributed by atoms with Gasteiger partial charge in [0.05, 0.1) is 13.7 Å². The average molecular weight is 404 g/mol. The standard InChI is InChI=1S/C20H25N3O4S/c1-27-18-11-10-17(21-15-20(24)22-16-8-4-2-5-9-16)14-19(18)28(25,26)23-12-6-3-7-13-23/h2,4-5,8-11,14,21H,3,6-7,12-13,15H2,1H3,(H,22,24). The smallest absolute Gasteiger partial charge is 0.246 e. The molecule has 0 aromatic heterocycles. The zero-order valence-corrected chi connectivity index (χ0v) is 16.7. The largest absolute Gasteiger partial charge is 0.495 e. The summed E-state index contributed by atoms with van der Waals surface area (Å²) >= 11 is 0. The van der Waals surface area contributed by atoms with Crippen molar-refractivity contribution in [3.8, 4) is 5.75 Å². The van der Waals surface area contributed by atoms with Gasteiger partial charge in [-0.3, -0.25) is 4.79 Å². The molecule has 28 heavy (non-hydrogen) atoms. The van der Waals surface area contributed by atoms with E-state index in [1.54, 1.807) is 24.3 Å². The second-order valence-corrected chi connectivity index (χ2v) is 8.50. The molecule has 3 rings (SSSR count). The van der Waals surface area contributed by atoms with E-state index in [0.29, 0.717) is 30.2 Å². The zero-order chi connectivity index (χ0) is 20.0. The molecule has 0 unspecified atom stereocenters. The van der Waals surface area contributed by atoms with Crippen molar-refractivity contribution >= 4 is 27.3 Å². The highest BCUT2D eigenvalue weighted by molar-refractivity contribution is 7.89. The lowest BCUT2D eigenvalue weighted by Gasteiger charge is -2.26. The number of amides is 1. The van der Waals surface area contributed by atoms with Crippen LogP contribution in [0.5, 0.6) is 5.75 Å². The third-order valence-electron chi connectivity index (χ3n) is 4.61. The Morgan fingerprint density at radius 1 is 1.04 bits per heavy atom. The predicted octanol–water partition coefficient (Wildman–Crippen LogP) is 2.92. The van der Waals surface area contributed by atoms with Gasteiger partial charge in [0.2, 0.25) is 15.9 Å². The van der Waals surface area contributed by atoms with Crippen molar-refractivity contribution in [2.75, 3.05) is 37.4 Å². The maximum atomic E-state index is 13.0. The fourth-order valence-corrected chi connectivity index (χ4v) is 4.84. The highest BCUT2D eigenvalue weighted by Crippen LogP contribution is 2.31. The number of nitrogens with zero attached hydrogens (tertiary/aromatic N) is 1. The molecular formula is C20H25N3O4S. The molecule has 1 aliphatic heterocycles. The molecule has 150 valence electrons. The molecule has 0 atom stereocenters. The zero-order valence-electron chi connectivity index (χ0n) is 15.8. The van der Waals surface area contributed by atoms with Crippen molar-refractivity contribution in [1.29, 1.82) is 0 Å². The fourth-order valence-electron chi connectivity index (χ4n) is 3.14. The normalized spacial score (nSPS) is 15.0. The van der Waals surface area contributed by atoms with E-state index >= 15 is 0 Å². The van der Waals surface area contributed by atoms with E-state index in [0.717, 1.165) is 19.3 Å². The third kappa shape index (κ3) is 4.82. The molecule has 0 bridgehead atoms. The molecule has 1 saturated heterocycles. The first-order valence-corrected chi connectivity index (χ1v) is 10.7. The Hall–Kier alpha value is -2.58. The lowest BCUT2D eigenvalue weighted by molar-refractivity contribution is -0.114. The van der Waals surface area contributed by atoms with E-state index in [1.807, 2.05) is 18.2 Å². The molecule has 2 N–H and O–H groups in total. The lowest BCUT2D eigenvalue weighted by Crippen LogP contribution is -2.35. The van der Waals surface area contributed by atoms with Crippen LogP contribution in [0.1, 0.15) is 19.3 Å². The number of ether oxygens (including phenoxy) is 1. The first kappa shape index (κ1) is 20.2. The number of hydrogen-bond acceptors (Lipinski definition) is 5. The summed E-state index contributed by atoms with van der Waals surface area (Å²) in [4.78, 5) is 12.2. The van der Waals surface area contributed by atoms with E-state index in [2.05, 4.69) is 10.6 Å². The number of carbonyl (C=O) groups is 1. The van der Waals surface area contributed by atoms with E-state index in [1.165, 1.54) is 17.5 Å². The molecule has 0 saturated carbocycles. The summed E-state index contributed by atoms with van der Waals surface area (Å²) in [5.41, 5.74) is 1.25. The fraction of sp³-hybridized carbons (Fsp3) is 0.350. The number of hydrogen-bond donors (Lipinski definition) is 2. The molecule has 2 aromatic carbocycles. The van der Waals surface area contributed by atoms with Gasteiger partial charge in [-0.2, -0.15) is 4.31 Å². The van der Waals surface area contributed by atoms with E-state index in [-0.39, 0.29) is 17.3 Å². The number of methoxy groups -OCH3 is 1. The third-order valence-corrected chi connectivity index (χ3v) is 6.53. The van der Waals surface area contributed by atoms with Crippen molar-refractivity contribution < 1.29 is 17.9 Å². The van der Waals surface area contributed by atoms with Gasteiger partial charge in [0.1, 0.15) is 10.6 Å². The minimum absolute atomic E-state index is 0.0183. The monoisotopic (exact) mass is 403 g/mol. The predicted molar refractivity (Wildman–Crippen MR) is 109 cm³/mol. The van der Waals surface area contributed by atoms with Crippen LogP contribution < -0.4 is 15.4 Å². The van der Waals surface area contributed by atoms with Crippen LogP contribution in [0.25, 0.3) is 0 Å². The summed E-state index contributed by atoms with van der Waals surface area (Å²) in [5.74, 6) is 0.0762. The number of nitrogens with one attached hydrogen (secondary N) is 2. The Morgan fingerprint density at radius 3 is 2.43 bits per heavy atom. The van der Waals surface area contributed by atoms with Crippen molar-refractivity contribution in [3.05, 3.63) is 48.5 Å². The van der Waals surface area contributed by atoms with Gasteiger partial charge in [-0.1, -0.05) is 24.6 Å². The van der Waals surface area contributed by atoms with Crippen molar-refractivity contribution in [1.82, 2.24) is 4.31 Å². The first-order valence-electron chi connectivity index (χ1n) is 9.27. The first-order chi connectivity index (χ1) is 13.5. The average Bonchev–Trinajstić information content (AvgIpc) is 2.73. The Kier molecular flexibility index (Phi) is 6.53. The number of rotatable bonds is 7. The summed E-state index contributed by atoms with van der Waals surface area (Å²) in [6.07, 6.45) is 2.76. The topological polar surface area (TPSA) is 87.7 Å². The van der Waals surface area contributed by atoms with Crippen LogP contribution in [0.15, 0.2) is 53.4 Å². The number of para-hydroxylation sites is 1. The molecule has 0 radical (unpaired) electrons. The minimum Gasteiger partial charge on any atom is -0.495 e. The molecule has 7 nitrogen and oxygen atoms in total. The number of carbonyl (C=O) groups excluding carboxylic acids is 1. The Morgan fingerprint density at radius 2 is 1.75 bits per heavy atom. The molecule has 1 aliphatic rings. The van der Waals surface area contributed by atoms with Crippen LogP contribution in [0.4, 0.5) is 11.4 Å². The molecule has 0 aliphatic carbocycles. The van der Waals surface area contributed by atoms with Gasteiger partial charge in [0, 0.05) is 24.5 Å². The van der Waals surface area contributed by atoms with E-state index in [4.69, 9.17) is 4.74 Å². The summed E-state index contributed by atoms with van der Waals surface area (Å²) in [7, 11) is -2.20. The Balaban J connectivity index is 1.72. The van der Waals surface area contributed by atoms with Gasteiger partial charge in [0.15, 0.2) is 0 Å². The molecule has 1 amide bonds. The van der Waals surface area contributed by atoms with Crippen molar-refractivity contribution in [3.63, 3.8) is 0 Å². The molecular weight excluding hydrogens is 378 g/mol. The maximum Gasteiger partial charge on any atom is 0.246 e. The van der Waals surface area contributed by atoms with Gasteiger partial charge in [-0.05, 0) is 43.2 Å². The highest BCUT2D eigenvalue weighted by atomic mass is 32.2. The Bertz CT molecular complexity index is 910. The van der Waals surface area contributed by atoms with Crippen LogP contribution in [-0.2, 0) is 14.8 Å². The maximum absolute atomic E-state index is 13.0. The van der Waals surface area contributed by atoms with E-state index in [9.17, 15) is 13.2 Å². The summed E-state index contributed by atoms with van der Waals surface area (Å²) in [6, 6.07) is 14.0. The van der Waals surface area contributed by atoms with Crippen LogP contribution >= 0.6 is 0 Å². The summed E-state index contributed by atoms with van der Waals surface area (Å²) < 4.78 is 32.8. The van der Waals surface area contributed by atoms with Gasteiger partial charge in [-0.15, -0.1) is 0 Å². The summed E-state index contributed by atoms with van der Waals surface area (Å²) in [6.45, 7) is 1.05. The number of anilines is 2. The van der Waals surface area contributed by atoms with Crippen LogP contribution in [0.3, 0.4) is 0 Å². The molecule has 0 spiro atoms. The Labute approximate surface area is 165 Å². The van der Waals surface area contributed by atoms with Gasteiger partial charge < -0.3 is 15.4 Å². The molecule has 8 heteroatoms. The van der Waals surface area contributed by atoms with Crippen LogP contribution in [-0.4, -0.2) is 45.4 Å². The molecule has 1 fully saturated rings. The van der Waals surface area contributed by atoms with Gasteiger partial charge >= 0.3 is 0 Å². The molecule has 1 heterocycles. The van der Waals surface area contributed by atoms with E-state index < -0.39 is 10.0 Å². The van der Waals surface area contributed by atoms with Crippen molar-refractivity contribution in [2.45, 2.75) is 24.2 Å². The second-order valence-electron chi connectivity index (χ2n) is 6.60. The number of piperidine rings is 1.